The maximum Gasteiger partial charge on any atom is 0.240 e. The van der Waals surface area contributed by atoms with Crippen LogP contribution in [0.15, 0.2) is 23.1 Å². The number of hydrogen-bond donors (Lipinski definition) is 2. The van der Waals surface area contributed by atoms with Crippen LogP contribution in [0.2, 0.25) is 0 Å². The van der Waals surface area contributed by atoms with Crippen LogP contribution in [0.5, 0.6) is 0 Å². The van der Waals surface area contributed by atoms with Crippen molar-refractivity contribution in [3.63, 3.8) is 0 Å². The maximum atomic E-state index is 12.5. The molecule has 2 N–H and O–H groups in total. The molecular weight excluding hydrogens is 334 g/mol. The predicted octanol–water partition coefficient (Wildman–Crippen LogP) is 2.35. The molecule has 1 heterocycles. The fourth-order valence-electron chi connectivity index (χ4n) is 2.91. The van der Waals surface area contributed by atoms with Crippen molar-refractivity contribution in [2.75, 3.05) is 13.1 Å². The van der Waals surface area contributed by atoms with Crippen molar-refractivity contribution < 1.29 is 8.42 Å². The van der Waals surface area contributed by atoms with E-state index in [0.29, 0.717) is 17.7 Å². The summed E-state index contributed by atoms with van der Waals surface area (Å²) < 4.78 is 27.7. The van der Waals surface area contributed by atoms with E-state index in [1.54, 1.807) is 13.0 Å². The summed E-state index contributed by atoms with van der Waals surface area (Å²) >= 11 is 0. The Bertz CT molecular complexity index is 696. The molecule has 1 aromatic rings. The minimum Gasteiger partial charge on any atom is -0.312 e. The van der Waals surface area contributed by atoms with Gasteiger partial charge in [-0.05, 0) is 55.5 Å². The first kappa shape index (κ1) is 19.9. The van der Waals surface area contributed by atoms with Gasteiger partial charge in [0.05, 0.1) is 16.5 Å². The third-order valence-electron chi connectivity index (χ3n) is 4.40. The van der Waals surface area contributed by atoms with Crippen LogP contribution in [0.1, 0.15) is 37.8 Å². The quantitative estimate of drug-likeness (QED) is 0.866. The van der Waals surface area contributed by atoms with Crippen LogP contribution in [0.3, 0.4) is 0 Å². The van der Waals surface area contributed by atoms with Gasteiger partial charge in [-0.3, -0.25) is 0 Å². The zero-order valence-corrected chi connectivity index (χ0v) is 15.4. The van der Waals surface area contributed by atoms with E-state index in [1.165, 1.54) is 12.1 Å². The molecule has 1 atom stereocenters. The Morgan fingerprint density at radius 2 is 2.13 bits per heavy atom. The fourth-order valence-corrected chi connectivity index (χ4v) is 4.18. The Labute approximate surface area is 144 Å². The lowest BCUT2D eigenvalue weighted by Crippen LogP contribution is -2.52. The Morgan fingerprint density at radius 1 is 1.43 bits per heavy atom. The first-order valence-electron chi connectivity index (χ1n) is 7.50. The minimum atomic E-state index is -3.56. The summed E-state index contributed by atoms with van der Waals surface area (Å²) in [4.78, 5) is 0.236. The van der Waals surface area contributed by atoms with E-state index in [-0.39, 0.29) is 28.8 Å². The van der Waals surface area contributed by atoms with Crippen molar-refractivity contribution in [3.05, 3.63) is 29.3 Å². The lowest BCUT2D eigenvalue weighted by atomic mass is 9.78. The van der Waals surface area contributed by atoms with E-state index in [1.807, 2.05) is 6.07 Å². The molecule has 0 saturated carbocycles. The number of benzene rings is 1. The number of halogens is 1. The highest BCUT2D eigenvalue weighted by atomic mass is 35.5. The van der Waals surface area contributed by atoms with Crippen LogP contribution in [0.4, 0.5) is 0 Å². The van der Waals surface area contributed by atoms with Crippen LogP contribution < -0.4 is 10.0 Å². The summed E-state index contributed by atoms with van der Waals surface area (Å²) in [6, 6.07) is 6.76. The van der Waals surface area contributed by atoms with Gasteiger partial charge < -0.3 is 5.32 Å². The molecule has 1 unspecified atom stereocenters. The molecule has 5 nitrogen and oxygen atoms in total. The molecule has 0 radical (unpaired) electrons. The van der Waals surface area contributed by atoms with E-state index in [4.69, 9.17) is 5.26 Å². The average Bonchev–Trinajstić information content (AvgIpc) is 2.45. The number of nitrogens with one attached hydrogen (secondary N) is 2. The molecule has 0 amide bonds. The van der Waals surface area contributed by atoms with Gasteiger partial charge in [0.15, 0.2) is 0 Å². The van der Waals surface area contributed by atoms with E-state index >= 15 is 0 Å². The summed E-state index contributed by atoms with van der Waals surface area (Å²) in [5.41, 5.74) is 1.12. The third kappa shape index (κ3) is 4.67. The number of hydrogen-bond acceptors (Lipinski definition) is 4. The highest BCUT2D eigenvalue weighted by molar-refractivity contribution is 7.89. The number of nitrogens with zero attached hydrogens (tertiary/aromatic N) is 1. The second-order valence-corrected chi connectivity index (χ2v) is 8.28. The molecule has 1 aliphatic rings. The van der Waals surface area contributed by atoms with Gasteiger partial charge in [0, 0.05) is 12.6 Å². The van der Waals surface area contributed by atoms with Gasteiger partial charge in [0.2, 0.25) is 10.0 Å². The minimum absolute atomic E-state index is 0. The molecule has 1 aromatic carbocycles. The molecule has 1 fully saturated rings. The van der Waals surface area contributed by atoms with Gasteiger partial charge in [-0.15, -0.1) is 12.4 Å². The van der Waals surface area contributed by atoms with Crippen LogP contribution in [0, 0.1) is 23.7 Å². The Hall–Kier alpha value is -1.13. The molecule has 128 valence electrons. The molecule has 0 aromatic heterocycles. The maximum absolute atomic E-state index is 12.5. The smallest absolute Gasteiger partial charge is 0.240 e. The number of piperidine rings is 1. The Kier molecular flexibility index (Phi) is 6.60. The Morgan fingerprint density at radius 3 is 2.70 bits per heavy atom. The first-order chi connectivity index (χ1) is 10.3. The van der Waals surface area contributed by atoms with E-state index in [2.05, 4.69) is 23.9 Å². The number of aryl methyl sites for hydroxylation is 1. The van der Waals surface area contributed by atoms with Crippen molar-refractivity contribution in [2.45, 2.75) is 44.6 Å². The van der Waals surface area contributed by atoms with E-state index < -0.39 is 10.0 Å². The second-order valence-electron chi connectivity index (χ2n) is 6.54. The molecule has 23 heavy (non-hydrogen) atoms. The lowest BCUT2D eigenvalue weighted by Gasteiger charge is -2.39. The number of sulfonamides is 1. The van der Waals surface area contributed by atoms with E-state index in [0.717, 1.165) is 19.4 Å². The number of nitriles is 1. The lowest BCUT2D eigenvalue weighted by molar-refractivity contribution is 0.181. The van der Waals surface area contributed by atoms with Crippen LogP contribution in [-0.4, -0.2) is 27.5 Å². The zero-order chi connectivity index (χ0) is 16.4. The summed E-state index contributed by atoms with van der Waals surface area (Å²) in [6.07, 6.45) is 2.20. The zero-order valence-electron chi connectivity index (χ0n) is 13.7. The second kappa shape index (κ2) is 7.63. The molecule has 0 spiro atoms. The third-order valence-corrected chi connectivity index (χ3v) is 5.99. The molecule has 1 saturated heterocycles. The average molecular weight is 358 g/mol. The molecule has 2 rings (SSSR count). The normalized spacial score (nSPS) is 20.3. The van der Waals surface area contributed by atoms with Gasteiger partial charge in [-0.2, -0.15) is 5.26 Å². The van der Waals surface area contributed by atoms with Crippen molar-refractivity contribution in [2.24, 2.45) is 5.41 Å². The molecular formula is C16H24ClN3O2S. The standard InChI is InChI=1S/C16H23N3O2S.ClH/c1-12-9-13(10-17)5-6-14(12)22(20,21)19-11-15-16(2,3)7-4-8-18-15;/h5-6,9,15,18-19H,4,7-8,11H2,1-3H3;1H. The van der Waals surface area contributed by atoms with Gasteiger partial charge in [-0.25, -0.2) is 13.1 Å². The van der Waals surface area contributed by atoms with Crippen molar-refractivity contribution in [1.82, 2.24) is 10.0 Å². The summed E-state index contributed by atoms with van der Waals surface area (Å²) in [7, 11) is -3.56. The highest BCUT2D eigenvalue weighted by Crippen LogP contribution is 2.30. The van der Waals surface area contributed by atoms with Crippen molar-refractivity contribution >= 4 is 22.4 Å². The fraction of sp³-hybridized carbons (Fsp3) is 0.562. The number of rotatable bonds is 4. The van der Waals surface area contributed by atoms with Gasteiger partial charge in [-0.1, -0.05) is 13.8 Å². The van der Waals surface area contributed by atoms with Crippen molar-refractivity contribution in [3.8, 4) is 6.07 Å². The summed E-state index contributed by atoms with van der Waals surface area (Å²) in [5, 5.41) is 12.3. The van der Waals surface area contributed by atoms with Crippen molar-refractivity contribution in [1.29, 1.82) is 5.26 Å². The van der Waals surface area contributed by atoms with Crippen LogP contribution in [0.25, 0.3) is 0 Å². The van der Waals surface area contributed by atoms with Crippen LogP contribution in [-0.2, 0) is 10.0 Å². The molecule has 7 heteroatoms. The van der Waals surface area contributed by atoms with E-state index in [9.17, 15) is 8.42 Å². The molecule has 0 bridgehead atoms. The van der Waals surface area contributed by atoms with Gasteiger partial charge >= 0.3 is 0 Å². The van der Waals surface area contributed by atoms with Gasteiger partial charge in [0.1, 0.15) is 0 Å². The van der Waals surface area contributed by atoms with Gasteiger partial charge in [0.25, 0.3) is 0 Å². The SMILES string of the molecule is Cc1cc(C#N)ccc1S(=O)(=O)NCC1NCCCC1(C)C.Cl. The first-order valence-corrected chi connectivity index (χ1v) is 8.98. The van der Waals surface area contributed by atoms with Crippen LogP contribution >= 0.6 is 12.4 Å². The summed E-state index contributed by atoms with van der Waals surface area (Å²) in [6.45, 7) is 7.31. The topological polar surface area (TPSA) is 82.0 Å². The monoisotopic (exact) mass is 357 g/mol. The Balaban J connectivity index is 0.00000264. The predicted molar refractivity (Wildman–Crippen MR) is 93.1 cm³/mol. The largest absolute Gasteiger partial charge is 0.312 e. The molecule has 1 aliphatic heterocycles. The highest BCUT2D eigenvalue weighted by Gasteiger charge is 2.32. The summed E-state index contributed by atoms with van der Waals surface area (Å²) in [5.74, 6) is 0. The molecule has 0 aliphatic carbocycles.